The highest BCUT2D eigenvalue weighted by atomic mass is 16.4. The SMILES string of the molecule is Cc1cccc(NC(=O)NCc2cccnc2)c1C(=O)O. The van der Waals surface area contributed by atoms with Gasteiger partial charge < -0.3 is 15.7 Å². The molecule has 0 radical (unpaired) electrons. The fourth-order valence-corrected chi connectivity index (χ4v) is 1.91. The standard InChI is InChI=1S/C15H15N3O3/c1-10-4-2-6-12(13(10)14(19)20)18-15(21)17-9-11-5-3-7-16-8-11/h2-8H,9H2,1H3,(H,19,20)(H2,17,18,21). The maximum Gasteiger partial charge on any atom is 0.338 e. The van der Waals surface area contributed by atoms with Crippen molar-refractivity contribution in [1.82, 2.24) is 10.3 Å². The molecule has 1 aromatic heterocycles. The quantitative estimate of drug-likeness (QED) is 0.804. The Kier molecular flexibility index (Phi) is 4.50. The third-order valence-electron chi connectivity index (χ3n) is 2.91. The summed E-state index contributed by atoms with van der Waals surface area (Å²) in [5.41, 5.74) is 1.81. The molecule has 0 aliphatic rings. The summed E-state index contributed by atoms with van der Waals surface area (Å²) >= 11 is 0. The molecule has 21 heavy (non-hydrogen) atoms. The lowest BCUT2D eigenvalue weighted by Gasteiger charge is -2.11. The Morgan fingerprint density at radius 3 is 2.71 bits per heavy atom. The van der Waals surface area contributed by atoms with E-state index < -0.39 is 12.0 Å². The smallest absolute Gasteiger partial charge is 0.338 e. The molecule has 0 unspecified atom stereocenters. The fourth-order valence-electron chi connectivity index (χ4n) is 1.91. The average molecular weight is 285 g/mol. The zero-order valence-corrected chi connectivity index (χ0v) is 11.5. The van der Waals surface area contributed by atoms with Gasteiger partial charge in [-0.2, -0.15) is 0 Å². The van der Waals surface area contributed by atoms with Gasteiger partial charge in [-0.1, -0.05) is 18.2 Å². The van der Waals surface area contributed by atoms with E-state index in [0.29, 0.717) is 12.1 Å². The van der Waals surface area contributed by atoms with Crippen molar-refractivity contribution in [3.05, 3.63) is 59.4 Å². The van der Waals surface area contributed by atoms with Crippen molar-refractivity contribution in [2.24, 2.45) is 0 Å². The van der Waals surface area contributed by atoms with Crippen LogP contribution in [0.1, 0.15) is 21.5 Å². The third kappa shape index (κ3) is 3.79. The molecule has 1 heterocycles. The molecule has 0 aliphatic heterocycles. The van der Waals surface area contributed by atoms with E-state index in [0.717, 1.165) is 5.56 Å². The number of carboxylic acid groups (broad SMARTS) is 1. The molecule has 1 aromatic carbocycles. The summed E-state index contributed by atoms with van der Waals surface area (Å²) in [5, 5.41) is 14.4. The minimum Gasteiger partial charge on any atom is -0.478 e. The van der Waals surface area contributed by atoms with E-state index in [9.17, 15) is 14.7 Å². The van der Waals surface area contributed by atoms with Crippen molar-refractivity contribution < 1.29 is 14.7 Å². The van der Waals surface area contributed by atoms with Gasteiger partial charge in [-0.3, -0.25) is 4.98 Å². The number of nitrogens with one attached hydrogen (secondary N) is 2. The van der Waals surface area contributed by atoms with Crippen LogP contribution in [-0.4, -0.2) is 22.1 Å². The van der Waals surface area contributed by atoms with Crippen molar-refractivity contribution in [1.29, 1.82) is 0 Å². The number of rotatable bonds is 4. The van der Waals surface area contributed by atoms with Crippen molar-refractivity contribution >= 4 is 17.7 Å². The number of nitrogens with zero attached hydrogens (tertiary/aromatic N) is 1. The first-order chi connectivity index (χ1) is 10.1. The molecule has 0 aliphatic carbocycles. The highest BCUT2D eigenvalue weighted by molar-refractivity contribution is 6.01. The minimum atomic E-state index is -1.07. The summed E-state index contributed by atoms with van der Waals surface area (Å²) in [6.45, 7) is 2.00. The molecule has 0 saturated heterocycles. The van der Waals surface area contributed by atoms with Crippen LogP contribution in [0.25, 0.3) is 0 Å². The van der Waals surface area contributed by atoms with Crippen LogP contribution in [0.2, 0.25) is 0 Å². The second-order valence-electron chi connectivity index (χ2n) is 4.47. The van der Waals surface area contributed by atoms with E-state index >= 15 is 0 Å². The molecule has 6 nitrogen and oxygen atoms in total. The number of anilines is 1. The maximum atomic E-state index is 11.8. The highest BCUT2D eigenvalue weighted by Gasteiger charge is 2.14. The number of carboxylic acids is 1. The Labute approximate surface area is 121 Å². The van der Waals surface area contributed by atoms with Crippen molar-refractivity contribution in [2.75, 3.05) is 5.32 Å². The molecule has 2 rings (SSSR count). The highest BCUT2D eigenvalue weighted by Crippen LogP contribution is 2.19. The average Bonchev–Trinajstić information content (AvgIpc) is 2.46. The number of aromatic nitrogens is 1. The lowest BCUT2D eigenvalue weighted by Crippen LogP contribution is -2.29. The predicted octanol–water partition coefficient (Wildman–Crippen LogP) is 2.41. The molecular formula is C15H15N3O3. The van der Waals surface area contributed by atoms with Crippen molar-refractivity contribution in [2.45, 2.75) is 13.5 Å². The van der Waals surface area contributed by atoms with Gasteiger partial charge in [0, 0.05) is 18.9 Å². The monoisotopic (exact) mass is 285 g/mol. The summed E-state index contributed by atoms with van der Waals surface area (Å²) in [6.07, 6.45) is 3.30. The van der Waals surface area contributed by atoms with Gasteiger partial charge in [0.1, 0.15) is 0 Å². The van der Waals surface area contributed by atoms with E-state index in [-0.39, 0.29) is 11.3 Å². The Morgan fingerprint density at radius 2 is 2.05 bits per heavy atom. The molecule has 0 atom stereocenters. The molecule has 0 spiro atoms. The van der Waals surface area contributed by atoms with Crippen LogP contribution in [0.3, 0.4) is 0 Å². The zero-order chi connectivity index (χ0) is 15.2. The number of hydrogen-bond donors (Lipinski definition) is 3. The normalized spacial score (nSPS) is 9.95. The summed E-state index contributed by atoms with van der Waals surface area (Å²) in [5.74, 6) is -1.07. The van der Waals surface area contributed by atoms with E-state index in [1.54, 1.807) is 43.6 Å². The summed E-state index contributed by atoms with van der Waals surface area (Å²) < 4.78 is 0. The molecular weight excluding hydrogens is 270 g/mol. The van der Waals surface area contributed by atoms with Crippen LogP contribution in [0, 0.1) is 6.92 Å². The van der Waals surface area contributed by atoms with Gasteiger partial charge in [0.2, 0.25) is 0 Å². The minimum absolute atomic E-state index is 0.0917. The molecule has 0 saturated carbocycles. The number of hydrogen-bond acceptors (Lipinski definition) is 3. The largest absolute Gasteiger partial charge is 0.478 e. The first-order valence-corrected chi connectivity index (χ1v) is 6.34. The Balaban J connectivity index is 2.03. The number of carbonyl (C=O) groups excluding carboxylic acids is 1. The van der Waals surface area contributed by atoms with Crippen molar-refractivity contribution in [3.8, 4) is 0 Å². The van der Waals surface area contributed by atoms with E-state index in [4.69, 9.17) is 0 Å². The van der Waals surface area contributed by atoms with Crippen LogP contribution in [0.4, 0.5) is 10.5 Å². The number of carbonyl (C=O) groups is 2. The van der Waals surface area contributed by atoms with Gasteiger partial charge in [-0.15, -0.1) is 0 Å². The van der Waals surface area contributed by atoms with E-state index in [1.165, 1.54) is 0 Å². The van der Waals surface area contributed by atoms with Gasteiger partial charge >= 0.3 is 12.0 Å². The Bertz CT molecular complexity index is 656. The Morgan fingerprint density at radius 1 is 1.24 bits per heavy atom. The molecule has 2 amide bonds. The van der Waals surface area contributed by atoms with Gasteiger partial charge in [-0.25, -0.2) is 9.59 Å². The Hall–Kier alpha value is -2.89. The lowest BCUT2D eigenvalue weighted by atomic mass is 10.1. The maximum absolute atomic E-state index is 11.8. The number of urea groups is 1. The summed E-state index contributed by atoms with van der Waals surface area (Å²) in [4.78, 5) is 27.0. The topological polar surface area (TPSA) is 91.3 Å². The lowest BCUT2D eigenvalue weighted by molar-refractivity contribution is 0.0697. The molecule has 2 aromatic rings. The van der Waals surface area contributed by atoms with Gasteiger partial charge in [0.15, 0.2) is 0 Å². The van der Waals surface area contributed by atoms with E-state index in [2.05, 4.69) is 15.6 Å². The van der Waals surface area contributed by atoms with E-state index in [1.807, 2.05) is 6.07 Å². The number of aromatic carboxylic acids is 1. The molecule has 3 N–H and O–H groups in total. The first-order valence-electron chi connectivity index (χ1n) is 6.34. The predicted molar refractivity (Wildman–Crippen MR) is 78.2 cm³/mol. The van der Waals surface area contributed by atoms with Crippen LogP contribution in [0.15, 0.2) is 42.7 Å². The zero-order valence-electron chi connectivity index (χ0n) is 11.5. The third-order valence-corrected chi connectivity index (χ3v) is 2.91. The fraction of sp³-hybridized carbons (Fsp3) is 0.133. The summed E-state index contributed by atoms with van der Waals surface area (Å²) in [6, 6.07) is 8.08. The van der Waals surface area contributed by atoms with Gasteiger partial charge in [0.05, 0.1) is 11.3 Å². The number of pyridine rings is 1. The number of benzene rings is 1. The molecule has 0 fully saturated rings. The molecule has 0 bridgehead atoms. The van der Waals surface area contributed by atoms with Crippen molar-refractivity contribution in [3.63, 3.8) is 0 Å². The van der Waals surface area contributed by atoms with Crippen LogP contribution in [0.5, 0.6) is 0 Å². The van der Waals surface area contributed by atoms with Crippen LogP contribution < -0.4 is 10.6 Å². The molecule has 6 heteroatoms. The second kappa shape index (κ2) is 6.51. The number of amides is 2. The van der Waals surface area contributed by atoms with Gasteiger partial charge in [0.25, 0.3) is 0 Å². The van der Waals surface area contributed by atoms with Gasteiger partial charge in [-0.05, 0) is 30.2 Å². The molecule has 108 valence electrons. The second-order valence-corrected chi connectivity index (χ2v) is 4.47. The van der Waals surface area contributed by atoms with Crippen LogP contribution in [-0.2, 0) is 6.54 Å². The van der Waals surface area contributed by atoms with Crippen LogP contribution >= 0.6 is 0 Å². The summed E-state index contributed by atoms with van der Waals surface area (Å²) in [7, 11) is 0. The number of aryl methyl sites for hydroxylation is 1. The first kappa shape index (κ1) is 14.5.